The molecule has 1 atom stereocenters. The van der Waals surface area contributed by atoms with Gasteiger partial charge >= 0.3 is 0 Å². The van der Waals surface area contributed by atoms with Gasteiger partial charge in [-0.3, -0.25) is 9.59 Å². The zero-order valence-electron chi connectivity index (χ0n) is 9.32. The molecule has 1 fully saturated rings. The van der Waals surface area contributed by atoms with Crippen molar-refractivity contribution in [1.82, 2.24) is 10.2 Å². The summed E-state index contributed by atoms with van der Waals surface area (Å²) in [5, 5.41) is 2.72. The van der Waals surface area contributed by atoms with Crippen LogP contribution in [0.15, 0.2) is 0 Å². The molecule has 1 heterocycles. The summed E-state index contributed by atoms with van der Waals surface area (Å²) in [5.74, 6) is 0.0781. The van der Waals surface area contributed by atoms with Crippen LogP contribution in [0.2, 0.25) is 0 Å². The minimum absolute atomic E-state index is 0.00317. The second-order valence-corrected chi connectivity index (χ2v) is 4.20. The van der Waals surface area contributed by atoms with E-state index < -0.39 is 6.04 Å². The lowest BCUT2D eigenvalue weighted by Gasteiger charge is -2.25. The lowest BCUT2D eigenvalue weighted by molar-refractivity contribution is -0.133. The van der Waals surface area contributed by atoms with Gasteiger partial charge in [-0.2, -0.15) is 0 Å². The van der Waals surface area contributed by atoms with Gasteiger partial charge in [0.15, 0.2) is 0 Å². The van der Waals surface area contributed by atoms with Crippen molar-refractivity contribution in [3.63, 3.8) is 0 Å². The molecule has 0 spiro atoms. The quantitative estimate of drug-likeness (QED) is 0.638. The van der Waals surface area contributed by atoms with Crippen LogP contribution in [-0.4, -0.2) is 42.4 Å². The van der Waals surface area contributed by atoms with E-state index in [1.807, 2.05) is 13.8 Å². The Bertz CT molecular complexity index is 253. The number of nitrogens with one attached hydrogen (secondary N) is 1. The molecule has 5 nitrogen and oxygen atoms in total. The molecular weight excluding hydrogens is 194 g/mol. The van der Waals surface area contributed by atoms with E-state index in [1.54, 1.807) is 4.90 Å². The maximum Gasteiger partial charge on any atom is 0.239 e. The molecule has 3 N–H and O–H groups in total. The van der Waals surface area contributed by atoms with Gasteiger partial charge in [0.25, 0.3) is 0 Å². The van der Waals surface area contributed by atoms with E-state index in [9.17, 15) is 9.59 Å². The molecule has 1 saturated heterocycles. The maximum atomic E-state index is 11.9. The predicted molar refractivity (Wildman–Crippen MR) is 57.0 cm³/mol. The minimum atomic E-state index is -0.460. The first-order valence-corrected chi connectivity index (χ1v) is 5.33. The van der Waals surface area contributed by atoms with Gasteiger partial charge in [-0.25, -0.2) is 0 Å². The first-order chi connectivity index (χ1) is 7.02. The van der Waals surface area contributed by atoms with Gasteiger partial charge in [0.05, 0.1) is 6.04 Å². The van der Waals surface area contributed by atoms with Crippen molar-refractivity contribution in [3.8, 4) is 0 Å². The van der Waals surface area contributed by atoms with Gasteiger partial charge in [-0.15, -0.1) is 0 Å². The highest BCUT2D eigenvalue weighted by Gasteiger charge is 2.25. The summed E-state index contributed by atoms with van der Waals surface area (Å²) in [6.45, 7) is 5.40. The Hall–Kier alpha value is -1.10. The molecule has 0 bridgehead atoms. The molecule has 0 saturated carbocycles. The van der Waals surface area contributed by atoms with E-state index in [0.717, 1.165) is 0 Å². The Kier molecular flexibility index (Phi) is 4.08. The largest absolute Gasteiger partial charge is 0.354 e. The van der Waals surface area contributed by atoms with Crippen molar-refractivity contribution in [1.29, 1.82) is 0 Å². The fourth-order valence-electron chi connectivity index (χ4n) is 1.48. The van der Waals surface area contributed by atoms with Crippen molar-refractivity contribution in [2.24, 2.45) is 11.7 Å². The lowest BCUT2D eigenvalue weighted by atomic mass is 10.0. The van der Waals surface area contributed by atoms with Gasteiger partial charge in [0, 0.05) is 26.1 Å². The number of amides is 2. The van der Waals surface area contributed by atoms with Gasteiger partial charge in [0.1, 0.15) is 0 Å². The predicted octanol–water partition coefficient (Wildman–Crippen LogP) is -0.682. The molecule has 0 aromatic rings. The zero-order valence-corrected chi connectivity index (χ0v) is 9.32. The minimum Gasteiger partial charge on any atom is -0.354 e. The van der Waals surface area contributed by atoms with Crippen LogP contribution in [0.1, 0.15) is 20.3 Å². The maximum absolute atomic E-state index is 11.9. The van der Waals surface area contributed by atoms with E-state index in [4.69, 9.17) is 5.73 Å². The Morgan fingerprint density at radius 1 is 1.47 bits per heavy atom. The number of nitrogens with zero attached hydrogens (tertiary/aromatic N) is 1. The summed E-state index contributed by atoms with van der Waals surface area (Å²) in [6, 6.07) is -0.460. The van der Waals surface area contributed by atoms with Crippen molar-refractivity contribution >= 4 is 11.8 Å². The summed E-state index contributed by atoms with van der Waals surface area (Å²) in [7, 11) is 0. The molecule has 0 radical (unpaired) electrons. The Balaban J connectivity index is 2.55. The number of hydrogen-bond acceptors (Lipinski definition) is 3. The van der Waals surface area contributed by atoms with Gasteiger partial charge in [-0.05, 0) is 5.92 Å². The average Bonchev–Trinajstić information content (AvgIpc) is 2.40. The van der Waals surface area contributed by atoms with Crippen LogP contribution in [0.4, 0.5) is 0 Å². The summed E-state index contributed by atoms with van der Waals surface area (Å²) < 4.78 is 0. The number of carbonyl (C=O) groups is 2. The molecule has 5 heteroatoms. The highest BCUT2D eigenvalue weighted by molar-refractivity contribution is 5.83. The fraction of sp³-hybridized carbons (Fsp3) is 0.800. The summed E-state index contributed by atoms with van der Waals surface area (Å²) in [4.78, 5) is 24.6. The molecule has 86 valence electrons. The van der Waals surface area contributed by atoms with Crippen LogP contribution in [-0.2, 0) is 9.59 Å². The van der Waals surface area contributed by atoms with Crippen LogP contribution in [0, 0.1) is 5.92 Å². The number of rotatable bonds is 2. The second kappa shape index (κ2) is 5.11. The Morgan fingerprint density at radius 2 is 2.13 bits per heavy atom. The molecular formula is C10H19N3O2. The van der Waals surface area contributed by atoms with Gasteiger partial charge in [0.2, 0.25) is 11.8 Å². The summed E-state index contributed by atoms with van der Waals surface area (Å²) in [6.07, 6.45) is 0.372. The molecule has 2 amide bonds. The highest BCUT2D eigenvalue weighted by Crippen LogP contribution is 2.05. The number of hydrogen-bond donors (Lipinski definition) is 2. The molecule has 0 aliphatic carbocycles. The summed E-state index contributed by atoms with van der Waals surface area (Å²) >= 11 is 0. The van der Waals surface area contributed by atoms with Crippen LogP contribution < -0.4 is 11.1 Å². The van der Waals surface area contributed by atoms with Crippen molar-refractivity contribution < 1.29 is 9.59 Å². The lowest BCUT2D eigenvalue weighted by Crippen LogP contribution is -2.47. The van der Waals surface area contributed by atoms with E-state index in [1.165, 1.54) is 0 Å². The topological polar surface area (TPSA) is 75.4 Å². The molecule has 0 aromatic heterocycles. The Morgan fingerprint density at radius 3 is 2.73 bits per heavy atom. The van der Waals surface area contributed by atoms with Gasteiger partial charge < -0.3 is 16.0 Å². The van der Waals surface area contributed by atoms with Crippen LogP contribution in [0.25, 0.3) is 0 Å². The third kappa shape index (κ3) is 3.20. The molecule has 1 rings (SSSR count). The van der Waals surface area contributed by atoms with E-state index in [2.05, 4.69) is 5.32 Å². The second-order valence-electron chi connectivity index (χ2n) is 4.20. The smallest absolute Gasteiger partial charge is 0.239 e. The number of carbonyl (C=O) groups excluding carboxylic acids is 2. The third-order valence-electron chi connectivity index (χ3n) is 2.63. The highest BCUT2D eigenvalue weighted by atomic mass is 16.2. The first-order valence-electron chi connectivity index (χ1n) is 5.33. The van der Waals surface area contributed by atoms with Crippen LogP contribution in [0.5, 0.6) is 0 Å². The van der Waals surface area contributed by atoms with E-state index >= 15 is 0 Å². The Labute approximate surface area is 90.0 Å². The normalized spacial score (nSPS) is 19.7. The van der Waals surface area contributed by atoms with E-state index in [-0.39, 0.29) is 17.7 Å². The molecule has 1 aliphatic heterocycles. The molecule has 1 unspecified atom stereocenters. The third-order valence-corrected chi connectivity index (χ3v) is 2.63. The molecule has 0 aromatic carbocycles. The van der Waals surface area contributed by atoms with Crippen molar-refractivity contribution in [2.45, 2.75) is 26.3 Å². The van der Waals surface area contributed by atoms with Crippen LogP contribution >= 0.6 is 0 Å². The molecule has 1 aliphatic rings. The standard InChI is InChI=1S/C10H19N3O2/c1-7(2)9(11)10(15)13-5-3-8(14)12-4-6-13/h7,9H,3-6,11H2,1-2H3,(H,12,14). The van der Waals surface area contributed by atoms with Crippen LogP contribution in [0.3, 0.4) is 0 Å². The van der Waals surface area contributed by atoms with E-state index in [0.29, 0.717) is 26.1 Å². The SMILES string of the molecule is CC(C)C(N)C(=O)N1CCNC(=O)CC1. The van der Waals surface area contributed by atoms with Crippen molar-refractivity contribution in [3.05, 3.63) is 0 Å². The number of nitrogens with two attached hydrogens (primary N) is 1. The fourth-order valence-corrected chi connectivity index (χ4v) is 1.48. The summed E-state index contributed by atoms with van der Waals surface area (Å²) in [5.41, 5.74) is 5.78. The average molecular weight is 213 g/mol. The van der Waals surface area contributed by atoms with Gasteiger partial charge in [-0.1, -0.05) is 13.8 Å². The first kappa shape index (κ1) is 12.0. The monoisotopic (exact) mass is 213 g/mol. The van der Waals surface area contributed by atoms with Crippen molar-refractivity contribution in [2.75, 3.05) is 19.6 Å². The molecule has 15 heavy (non-hydrogen) atoms. The zero-order chi connectivity index (χ0) is 11.4.